The molecule has 1 heterocycles. The van der Waals surface area contributed by atoms with Crippen LogP contribution in [0.1, 0.15) is 29.9 Å². The Hall–Kier alpha value is -1.72. The number of nitrogens with two attached hydrogens (primary N) is 1. The van der Waals surface area contributed by atoms with E-state index in [-0.39, 0.29) is 6.04 Å². The highest BCUT2D eigenvalue weighted by atomic mass is 19.1. The van der Waals surface area contributed by atoms with Gasteiger partial charge in [-0.1, -0.05) is 13.0 Å². The van der Waals surface area contributed by atoms with Gasteiger partial charge in [0, 0.05) is 18.1 Å². The minimum Gasteiger partial charge on any atom is -0.469 e. The fourth-order valence-electron chi connectivity index (χ4n) is 2.11. The zero-order valence-corrected chi connectivity index (χ0v) is 10.6. The third-order valence-corrected chi connectivity index (χ3v) is 3.12. The second kappa shape index (κ2) is 5.95. The van der Waals surface area contributed by atoms with Crippen molar-refractivity contribution in [1.29, 1.82) is 0 Å². The van der Waals surface area contributed by atoms with Crippen LogP contribution in [0, 0.1) is 11.6 Å². The van der Waals surface area contributed by atoms with Crippen LogP contribution in [-0.2, 0) is 12.8 Å². The van der Waals surface area contributed by atoms with E-state index in [0.29, 0.717) is 12.0 Å². The van der Waals surface area contributed by atoms with Crippen molar-refractivity contribution in [2.75, 3.05) is 0 Å². The third kappa shape index (κ3) is 3.00. The van der Waals surface area contributed by atoms with Gasteiger partial charge in [0.15, 0.2) is 0 Å². The Kier molecular flexibility index (Phi) is 4.29. The molecule has 1 unspecified atom stereocenters. The average Bonchev–Trinajstić information content (AvgIpc) is 2.86. The molecule has 2 aromatic rings. The van der Waals surface area contributed by atoms with Crippen LogP contribution in [0.15, 0.2) is 34.9 Å². The van der Waals surface area contributed by atoms with Gasteiger partial charge in [-0.25, -0.2) is 8.78 Å². The van der Waals surface area contributed by atoms with Gasteiger partial charge in [-0.3, -0.25) is 11.3 Å². The molecule has 1 aromatic carbocycles. The van der Waals surface area contributed by atoms with Gasteiger partial charge < -0.3 is 4.42 Å². The second-order valence-electron chi connectivity index (χ2n) is 4.31. The SMILES string of the molecule is CCc1occc1C(Cc1ccc(F)cc1F)NN. The number of hydrogen-bond donors (Lipinski definition) is 2. The van der Waals surface area contributed by atoms with Crippen molar-refractivity contribution < 1.29 is 13.2 Å². The molecular weight excluding hydrogens is 250 g/mol. The second-order valence-corrected chi connectivity index (χ2v) is 4.31. The molecule has 0 aliphatic heterocycles. The van der Waals surface area contributed by atoms with Crippen LogP contribution in [0.3, 0.4) is 0 Å². The van der Waals surface area contributed by atoms with Crippen LogP contribution in [0.4, 0.5) is 8.78 Å². The summed E-state index contributed by atoms with van der Waals surface area (Å²) in [6.07, 6.45) is 2.64. The van der Waals surface area contributed by atoms with Gasteiger partial charge in [0.1, 0.15) is 17.4 Å². The number of hydrogen-bond acceptors (Lipinski definition) is 3. The summed E-state index contributed by atoms with van der Waals surface area (Å²) in [4.78, 5) is 0. The molecule has 102 valence electrons. The van der Waals surface area contributed by atoms with Gasteiger partial charge in [-0.05, 0) is 24.1 Å². The van der Waals surface area contributed by atoms with E-state index in [4.69, 9.17) is 10.3 Å². The largest absolute Gasteiger partial charge is 0.469 e. The fourth-order valence-corrected chi connectivity index (χ4v) is 2.11. The Bertz CT molecular complexity index is 554. The smallest absolute Gasteiger partial charge is 0.129 e. The van der Waals surface area contributed by atoms with Crippen molar-refractivity contribution in [3.8, 4) is 0 Å². The molecule has 0 saturated carbocycles. The van der Waals surface area contributed by atoms with E-state index in [9.17, 15) is 8.78 Å². The van der Waals surface area contributed by atoms with Crippen LogP contribution in [0.5, 0.6) is 0 Å². The summed E-state index contributed by atoms with van der Waals surface area (Å²) in [5, 5.41) is 0. The summed E-state index contributed by atoms with van der Waals surface area (Å²) in [6.45, 7) is 1.97. The molecule has 1 atom stereocenters. The summed E-state index contributed by atoms with van der Waals surface area (Å²) in [5.41, 5.74) is 3.96. The molecular formula is C14H16F2N2O. The minimum absolute atomic E-state index is 0.270. The average molecular weight is 266 g/mol. The molecule has 0 radical (unpaired) electrons. The van der Waals surface area contributed by atoms with E-state index in [1.165, 1.54) is 12.1 Å². The summed E-state index contributed by atoms with van der Waals surface area (Å²) < 4.78 is 31.8. The van der Waals surface area contributed by atoms with Gasteiger partial charge in [0.2, 0.25) is 0 Å². The van der Waals surface area contributed by atoms with E-state index in [0.717, 1.165) is 23.8 Å². The summed E-state index contributed by atoms with van der Waals surface area (Å²) in [5.74, 6) is 5.18. The molecule has 3 N–H and O–H groups in total. The Morgan fingerprint density at radius 1 is 1.32 bits per heavy atom. The summed E-state index contributed by atoms with van der Waals surface area (Å²) >= 11 is 0. The Labute approximate surface area is 110 Å². The van der Waals surface area contributed by atoms with Crippen LogP contribution < -0.4 is 11.3 Å². The van der Waals surface area contributed by atoms with Crippen molar-refractivity contribution in [3.63, 3.8) is 0 Å². The lowest BCUT2D eigenvalue weighted by Gasteiger charge is -2.16. The highest BCUT2D eigenvalue weighted by Gasteiger charge is 2.18. The predicted octanol–water partition coefficient (Wildman–Crippen LogP) is 2.87. The number of hydrazine groups is 1. The first kappa shape index (κ1) is 13.7. The zero-order chi connectivity index (χ0) is 13.8. The molecule has 0 fully saturated rings. The first-order valence-electron chi connectivity index (χ1n) is 6.12. The molecule has 19 heavy (non-hydrogen) atoms. The standard InChI is InChI=1S/C14H16F2N2O/c1-2-14-11(5-6-19-14)13(18-17)7-9-3-4-10(15)8-12(9)16/h3-6,8,13,18H,2,7,17H2,1H3. The van der Waals surface area contributed by atoms with Crippen LogP contribution >= 0.6 is 0 Å². The fraction of sp³-hybridized carbons (Fsp3) is 0.286. The Balaban J connectivity index is 2.24. The number of nitrogens with one attached hydrogen (secondary N) is 1. The molecule has 5 heteroatoms. The molecule has 0 saturated heterocycles. The maximum atomic E-state index is 13.6. The Morgan fingerprint density at radius 3 is 2.74 bits per heavy atom. The number of benzene rings is 1. The number of aryl methyl sites for hydroxylation is 1. The predicted molar refractivity (Wildman–Crippen MR) is 68.2 cm³/mol. The van der Waals surface area contributed by atoms with Gasteiger partial charge in [-0.15, -0.1) is 0 Å². The van der Waals surface area contributed by atoms with E-state index in [2.05, 4.69) is 5.43 Å². The lowest BCUT2D eigenvalue weighted by atomic mass is 9.98. The van der Waals surface area contributed by atoms with Gasteiger partial charge >= 0.3 is 0 Å². The van der Waals surface area contributed by atoms with Crippen molar-refractivity contribution in [1.82, 2.24) is 5.43 Å². The Morgan fingerprint density at radius 2 is 2.11 bits per heavy atom. The van der Waals surface area contributed by atoms with Gasteiger partial charge in [0.25, 0.3) is 0 Å². The van der Waals surface area contributed by atoms with E-state index < -0.39 is 11.6 Å². The highest BCUT2D eigenvalue weighted by molar-refractivity contribution is 5.26. The minimum atomic E-state index is -0.587. The van der Waals surface area contributed by atoms with E-state index in [1.54, 1.807) is 6.26 Å². The molecule has 2 rings (SSSR count). The molecule has 0 bridgehead atoms. The molecule has 3 nitrogen and oxygen atoms in total. The lowest BCUT2D eigenvalue weighted by molar-refractivity contribution is 0.481. The monoisotopic (exact) mass is 266 g/mol. The van der Waals surface area contributed by atoms with Crippen molar-refractivity contribution in [3.05, 3.63) is 59.1 Å². The van der Waals surface area contributed by atoms with Crippen molar-refractivity contribution in [2.45, 2.75) is 25.8 Å². The van der Waals surface area contributed by atoms with E-state index in [1.807, 2.05) is 13.0 Å². The molecule has 0 aliphatic carbocycles. The third-order valence-electron chi connectivity index (χ3n) is 3.12. The molecule has 0 amide bonds. The highest BCUT2D eigenvalue weighted by Crippen LogP contribution is 2.24. The lowest BCUT2D eigenvalue weighted by Crippen LogP contribution is -2.30. The van der Waals surface area contributed by atoms with Crippen LogP contribution in [0.2, 0.25) is 0 Å². The summed E-state index contributed by atoms with van der Waals surface area (Å²) in [7, 11) is 0. The first-order valence-corrected chi connectivity index (χ1v) is 6.12. The topological polar surface area (TPSA) is 51.2 Å². The number of halogens is 2. The van der Waals surface area contributed by atoms with Crippen LogP contribution in [-0.4, -0.2) is 0 Å². The summed E-state index contributed by atoms with van der Waals surface area (Å²) in [6, 6.07) is 5.08. The first-order chi connectivity index (χ1) is 9.15. The van der Waals surface area contributed by atoms with Gasteiger partial charge in [-0.2, -0.15) is 0 Å². The van der Waals surface area contributed by atoms with Crippen LogP contribution in [0.25, 0.3) is 0 Å². The maximum Gasteiger partial charge on any atom is 0.129 e. The van der Waals surface area contributed by atoms with Crippen molar-refractivity contribution >= 4 is 0 Å². The molecule has 0 aliphatic rings. The number of furan rings is 1. The normalized spacial score (nSPS) is 12.6. The van der Waals surface area contributed by atoms with Gasteiger partial charge in [0.05, 0.1) is 12.3 Å². The van der Waals surface area contributed by atoms with E-state index >= 15 is 0 Å². The zero-order valence-electron chi connectivity index (χ0n) is 10.6. The maximum absolute atomic E-state index is 13.6. The number of rotatable bonds is 5. The molecule has 0 spiro atoms. The van der Waals surface area contributed by atoms with Crippen molar-refractivity contribution in [2.24, 2.45) is 5.84 Å². The molecule has 1 aromatic heterocycles. The quantitative estimate of drug-likeness (QED) is 0.646.